The number of hydrogen-bond acceptors (Lipinski definition) is 9. The number of fused-ring (bicyclic) bond motifs is 1. The number of nitrogens with zero attached hydrogens (tertiary/aromatic N) is 3. The van der Waals surface area contributed by atoms with Crippen molar-refractivity contribution in [3.8, 4) is 23.1 Å². The lowest BCUT2D eigenvalue weighted by Crippen LogP contribution is -2.31. The zero-order chi connectivity index (χ0) is 21.0. The van der Waals surface area contributed by atoms with Crippen LogP contribution in [0.2, 0.25) is 0 Å². The standard InChI is InChI=1S/C21H17N3O5S2/c25-19(13-31-21-23-22-20(29-21)17-4-1-7-26-17)24(12-15-3-2-10-30-15)14-5-6-16-18(11-14)28-9-8-27-16/h1-7,10-11H,8-9,12-13H2. The molecule has 0 saturated heterocycles. The molecule has 0 fully saturated rings. The second kappa shape index (κ2) is 8.86. The maximum atomic E-state index is 13.2. The number of carbonyl (C=O) groups is 1. The number of thioether (sulfide) groups is 1. The van der Waals surface area contributed by atoms with Crippen molar-refractivity contribution in [2.24, 2.45) is 0 Å². The quantitative estimate of drug-likeness (QED) is 0.377. The Hall–Kier alpha value is -3.24. The lowest BCUT2D eigenvalue weighted by Gasteiger charge is -2.25. The fourth-order valence-corrected chi connectivity index (χ4v) is 4.38. The fourth-order valence-electron chi connectivity index (χ4n) is 3.05. The Balaban J connectivity index is 1.33. The Labute approximate surface area is 185 Å². The third-order valence-electron chi connectivity index (χ3n) is 4.49. The molecule has 10 heteroatoms. The molecule has 31 heavy (non-hydrogen) atoms. The van der Waals surface area contributed by atoms with Gasteiger partial charge in [0.25, 0.3) is 11.1 Å². The van der Waals surface area contributed by atoms with Gasteiger partial charge in [-0.3, -0.25) is 4.79 Å². The van der Waals surface area contributed by atoms with Gasteiger partial charge in [-0.1, -0.05) is 17.8 Å². The Morgan fingerprint density at radius 3 is 2.81 bits per heavy atom. The zero-order valence-electron chi connectivity index (χ0n) is 16.2. The Bertz CT molecular complexity index is 1160. The van der Waals surface area contributed by atoms with Crippen LogP contribution in [0.5, 0.6) is 11.5 Å². The predicted octanol–water partition coefficient (Wildman–Crippen LogP) is 4.49. The molecule has 0 N–H and O–H groups in total. The van der Waals surface area contributed by atoms with E-state index in [0.717, 1.165) is 10.6 Å². The summed E-state index contributed by atoms with van der Waals surface area (Å²) >= 11 is 2.79. The van der Waals surface area contributed by atoms with Crippen molar-refractivity contribution in [1.82, 2.24) is 10.2 Å². The van der Waals surface area contributed by atoms with Gasteiger partial charge in [0, 0.05) is 16.6 Å². The predicted molar refractivity (Wildman–Crippen MR) is 116 cm³/mol. The Morgan fingerprint density at radius 2 is 2.00 bits per heavy atom. The number of benzene rings is 1. The maximum absolute atomic E-state index is 13.2. The number of aromatic nitrogens is 2. The van der Waals surface area contributed by atoms with E-state index in [2.05, 4.69) is 10.2 Å². The zero-order valence-corrected chi connectivity index (χ0v) is 17.9. The second-order valence-corrected chi connectivity index (χ2v) is 8.49. The molecule has 5 rings (SSSR count). The highest BCUT2D eigenvalue weighted by atomic mass is 32.2. The fraction of sp³-hybridized carbons (Fsp3) is 0.190. The van der Waals surface area contributed by atoms with E-state index in [-0.39, 0.29) is 17.6 Å². The number of ether oxygens (including phenoxy) is 2. The Kier molecular flexibility index (Phi) is 5.63. The molecule has 1 aromatic carbocycles. The molecule has 8 nitrogen and oxygen atoms in total. The van der Waals surface area contributed by atoms with Gasteiger partial charge in [-0.2, -0.15) is 0 Å². The van der Waals surface area contributed by atoms with Crippen molar-refractivity contribution in [3.63, 3.8) is 0 Å². The van der Waals surface area contributed by atoms with Crippen LogP contribution in [0.3, 0.4) is 0 Å². The van der Waals surface area contributed by atoms with Crippen molar-refractivity contribution in [3.05, 3.63) is 59.0 Å². The third-order valence-corrected chi connectivity index (χ3v) is 6.15. The molecule has 4 aromatic rings. The summed E-state index contributed by atoms with van der Waals surface area (Å²) in [5, 5.41) is 10.2. The van der Waals surface area contributed by atoms with E-state index in [9.17, 15) is 4.79 Å². The molecule has 158 valence electrons. The number of thiophene rings is 1. The van der Waals surface area contributed by atoms with Crippen molar-refractivity contribution in [2.75, 3.05) is 23.9 Å². The van der Waals surface area contributed by atoms with Crippen LogP contribution >= 0.6 is 23.1 Å². The van der Waals surface area contributed by atoms with Gasteiger partial charge in [0.1, 0.15) is 13.2 Å². The largest absolute Gasteiger partial charge is 0.486 e. The van der Waals surface area contributed by atoms with E-state index < -0.39 is 0 Å². The van der Waals surface area contributed by atoms with Crippen molar-refractivity contribution < 1.29 is 23.1 Å². The number of anilines is 1. The molecule has 0 unspecified atom stereocenters. The van der Waals surface area contributed by atoms with E-state index in [1.165, 1.54) is 18.0 Å². The summed E-state index contributed by atoms with van der Waals surface area (Å²) in [6.45, 7) is 1.46. The van der Waals surface area contributed by atoms with Gasteiger partial charge in [0.05, 0.1) is 18.6 Å². The van der Waals surface area contributed by atoms with Gasteiger partial charge >= 0.3 is 0 Å². The molecule has 3 aromatic heterocycles. The van der Waals surface area contributed by atoms with E-state index in [1.807, 2.05) is 35.7 Å². The molecule has 0 spiro atoms. The summed E-state index contributed by atoms with van der Waals surface area (Å²) in [5.41, 5.74) is 0.741. The molecule has 0 atom stereocenters. The first kappa shape index (κ1) is 19.7. The van der Waals surface area contributed by atoms with Crippen LogP contribution in [0.4, 0.5) is 5.69 Å². The summed E-state index contributed by atoms with van der Waals surface area (Å²) in [5.74, 6) is 2.14. The molecular weight excluding hydrogens is 438 g/mol. The molecule has 4 heterocycles. The van der Waals surface area contributed by atoms with E-state index in [0.29, 0.717) is 42.2 Å². The minimum Gasteiger partial charge on any atom is -0.486 e. The van der Waals surface area contributed by atoms with Crippen molar-refractivity contribution >= 4 is 34.7 Å². The van der Waals surface area contributed by atoms with Gasteiger partial charge in [-0.25, -0.2) is 0 Å². The number of hydrogen-bond donors (Lipinski definition) is 0. The highest BCUT2D eigenvalue weighted by molar-refractivity contribution is 7.99. The summed E-state index contributed by atoms with van der Waals surface area (Å²) in [6.07, 6.45) is 1.53. The summed E-state index contributed by atoms with van der Waals surface area (Å²) < 4.78 is 22.1. The highest BCUT2D eigenvalue weighted by Crippen LogP contribution is 2.35. The first-order chi connectivity index (χ1) is 15.3. The van der Waals surface area contributed by atoms with Crippen LogP contribution in [-0.4, -0.2) is 35.1 Å². The minimum atomic E-state index is -0.0900. The monoisotopic (exact) mass is 455 g/mol. The number of amides is 1. The van der Waals surface area contributed by atoms with E-state index >= 15 is 0 Å². The molecule has 0 bridgehead atoms. The number of furan rings is 1. The van der Waals surface area contributed by atoms with Gasteiger partial charge in [-0.15, -0.1) is 21.5 Å². The van der Waals surface area contributed by atoms with E-state index in [4.69, 9.17) is 18.3 Å². The second-order valence-electron chi connectivity index (χ2n) is 6.53. The first-order valence-electron chi connectivity index (χ1n) is 9.49. The van der Waals surface area contributed by atoms with E-state index in [1.54, 1.807) is 28.4 Å². The Morgan fingerprint density at radius 1 is 1.10 bits per heavy atom. The van der Waals surface area contributed by atoms with Crippen LogP contribution in [0.1, 0.15) is 4.88 Å². The SMILES string of the molecule is O=C(CSc1nnc(-c2ccco2)o1)N(Cc1cccs1)c1ccc2c(c1)OCCO2. The first-order valence-corrected chi connectivity index (χ1v) is 11.4. The molecular formula is C21H17N3O5S2. The van der Waals surface area contributed by atoms with Crippen LogP contribution in [0.25, 0.3) is 11.7 Å². The summed E-state index contributed by atoms with van der Waals surface area (Å²) in [6, 6.07) is 13.0. The average Bonchev–Trinajstić information content (AvgIpc) is 3.58. The normalized spacial score (nSPS) is 12.6. The molecule has 0 radical (unpaired) electrons. The molecule has 0 aliphatic carbocycles. The average molecular weight is 456 g/mol. The smallest absolute Gasteiger partial charge is 0.284 e. The van der Waals surface area contributed by atoms with Gasteiger partial charge in [0.15, 0.2) is 17.3 Å². The number of rotatable bonds is 7. The van der Waals surface area contributed by atoms with Gasteiger partial charge in [-0.05, 0) is 35.7 Å². The molecule has 1 amide bonds. The molecule has 1 aliphatic heterocycles. The van der Waals surface area contributed by atoms with Crippen LogP contribution in [0, 0.1) is 0 Å². The van der Waals surface area contributed by atoms with Gasteiger partial charge in [0.2, 0.25) is 5.91 Å². The van der Waals surface area contributed by atoms with Crippen LogP contribution < -0.4 is 14.4 Å². The molecule has 1 aliphatic rings. The minimum absolute atomic E-state index is 0.0900. The molecule has 0 saturated carbocycles. The highest BCUT2D eigenvalue weighted by Gasteiger charge is 2.22. The summed E-state index contributed by atoms with van der Waals surface area (Å²) in [4.78, 5) is 16.0. The topological polar surface area (TPSA) is 90.8 Å². The van der Waals surface area contributed by atoms with Gasteiger partial charge < -0.3 is 23.2 Å². The summed E-state index contributed by atoms with van der Waals surface area (Å²) in [7, 11) is 0. The van der Waals surface area contributed by atoms with Crippen molar-refractivity contribution in [2.45, 2.75) is 11.8 Å². The lowest BCUT2D eigenvalue weighted by atomic mass is 10.2. The lowest BCUT2D eigenvalue weighted by molar-refractivity contribution is -0.116. The van der Waals surface area contributed by atoms with Crippen LogP contribution in [-0.2, 0) is 11.3 Å². The van der Waals surface area contributed by atoms with Crippen LogP contribution in [0.15, 0.2) is 68.2 Å². The number of carbonyl (C=O) groups excluding carboxylic acids is 1. The third kappa shape index (κ3) is 4.44. The van der Waals surface area contributed by atoms with Crippen molar-refractivity contribution in [1.29, 1.82) is 0 Å². The maximum Gasteiger partial charge on any atom is 0.284 e.